The van der Waals surface area contributed by atoms with E-state index in [1.165, 1.54) is 40.1 Å². The number of nitrogens with zero attached hydrogens (tertiary/aromatic N) is 3. The quantitative estimate of drug-likeness (QED) is 0.0580. The number of thioether (sulfide) groups is 1. The minimum absolute atomic E-state index is 0.0341. The second kappa shape index (κ2) is 13.1. The second-order valence-electron chi connectivity index (χ2n) is 10.6. The summed E-state index contributed by atoms with van der Waals surface area (Å²) in [6, 6.07) is 27.5. The maximum Gasteiger partial charge on any atom is 0.301 e. The van der Waals surface area contributed by atoms with Gasteiger partial charge in [0.05, 0.1) is 11.6 Å². The van der Waals surface area contributed by atoms with Crippen LogP contribution in [0.15, 0.2) is 107 Å². The van der Waals surface area contributed by atoms with Gasteiger partial charge < -0.3 is 9.84 Å². The molecule has 1 atom stereocenters. The molecule has 1 aromatic heterocycles. The van der Waals surface area contributed by atoms with Crippen molar-refractivity contribution in [3.05, 3.63) is 142 Å². The molecular formula is C35H28FN3O4S2. The van der Waals surface area contributed by atoms with Crippen molar-refractivity contribution in [3.63, 3.8) is 0 Å². The molecule has 0 radical (unpaired) electrons. The third kappa shape index (κ3) is 6.52. The Morgan fingerprint density at radius 3 is 2.36 bits per heavy atom. The molecule has 1 N–H and O–H groups in total. The van der Waals surface area contributed by atoms with E-state index < -0.39 is 17.7 Å². The fourth-order valence-electron chi connectivity index (χ4n) is 4.98. The van der Waals surface area contributed by atoms with Crippen LogP contribution >= 0.6 is 23.1 Å². The fraction of sp³-hybridized carbons (Fsp3) is 0.143. The fourth-order valence-corrected chi connectivity index (χ4v) is 6.80. The minimum Gasteiger partial charge on any atom is -0.507 e. The van der Waals surface area contributed by atoms with E-state index in [0.717, 1.165) is 22.3 Å². The summed E-state index contributed by atoms with van der Waals surface area (Å²) in [4.78, 5) is 28.4. The number of carbonyl (C=O) groups is 2. The number of aromatic nitrogens is 2. The van der Waals surface area contributed by atoms with Gasteiger partial charge in [0, 0.05) is 11.3 Å². The summed E-state index contributed by atoms with van der Waals surface area (Å²) in [7, 11) is 0. The number of anilines is 1. The van der Waals surface area contributed by atoms with E-state index in [4.69, 9.17) is 4.74 Å². The minimum atomic E-state index is -0.912. The van der Waals surface area contributed by atoms with E-state index >= 15 is 0 Å². The van der Waals surface area contributed by atoms with Crippen LogP contribution in [0.3, 0.4) is 0 Å². The zero-order valence-corrected chi connectivity index (χ0v) is 26.1. The number of hydrogen-bond acceptors (Lipinski definition) is 8. The zero-order chi connectivity index (χ0) is 31.5. The van der Waals surface area contributed by atoms with Crippen LogP contribution in [0.5, 0.6) is 5.75 Å². The molecule has 1 aliphatic rings. The van der Waals surface area contributed by atoms with Gasteiger partial charge in [-0.25, -0.2) is 4.39 Å². The molecule has 10 heteroatoms. The number of rotatable bonds is 9. The summed E-state index contributed by atoms with van der Waals surface area (Å²) >= 11 is 2.57. The highest BCUT2D eigenvalue weighted by atomic mass is 32.2. The summed E-state index contributed by atoms with van der Waals surface area (Å²) in [5, 5.41) is 20.2. The Labute approximate surface area is 268 Å². The second-order valence-corrected chi connectivity index (χ2v) is 12.8. The highest BCUT2D eigenvalue weighted by Gasteiger charge is 2.48. The van der Waals surface area contributed by atoms with Crippen LogP contribution in [0, 0.1) is 19.7 Å². The Kier molecular flexibility index (Phi) is 8.77. The van der Waals surface area contributed by atoms with Crippen LogP contribution < -0.4 is 9.64 Å². The van der Waals surface area contributed by atoms with E-state index in [9.17, 15) is 19.1 Å². The molecular weight excluding hydrogens is 610 g/mol. The van der Waals surface area contributed by atoms with Gasteiger partial charge in [-0.1, -0.05) is 89.3 Å². The first-order valence-corrected chi connectivity index (χ1v) is 15.9. The molecule has 226 valence electrons. The molecule has 1 aliphatic heterocycles. The smallest absolute Gasteiger partial charge is 0.301 e. The maximum absolute atomic E-state index is 13.5. The van der Waals surface area contributed by atoms with Gasteiger partial charge in [-0.3, -0.25) is 14.5 Å². The number of aliphatic hydroxyl groups excluding tert-OH is 1. The van der Waals surface area contributed by atoms with Crippen molar-refractivity contribution in [2.75, 3.05) is 4.90 Å². The topological polar surface area (TPSA) is 92.6 Å². The number of aryl methyl sites for hydroxylation is 2. The number of ketones is 1. The predicted octanol–water partition coefficient (Wildman–Crippen LogP) is 7.79. The summed E-state index contributed by atoms with van der Waals surface area (Å²) in [6.07, 6.45) is 0. The van der Waals surface area contributed by atoms with E-state index in [0.29, 0.717) is 33.6 Å². The van der Waals surface area contributed by atoms with Crippen LogP contribution in [0.2, 0.25) is 0 Å². The monoisotopic (exact) mass is 637 g/mol. The van der Waals surface area contributed by atoms with E-state index in [1.807, 2.05) is 62.4 Å². The molecule has 0 spiro atoms. The first kappa shape index (κ1) is 30.2. The van der Waals surface area contributed by atoms with Gasteiger partial charge in [0.1, 0.15) is 23.9 Å². The van der Waals surface area contributed by atoms with Crippen LogP contribution in [-0.2, 0) is 21.9 Å². The number of ether oxygens (including phenoxy) is 1. The number of aliphatic hydroxyl groups is 1. The Morgan fingerprint density at radius 1 is 0.933 bits per heavy atom. The van der Waals surface area contributed by atoms with Gasteiger partial charge in [0.2, 0.25) is 5.13 Å². The lowest BCUT2D eigenvalue weighted by atomic mass is 9.95. The SMILES string of the molecule is Cc1ccc(C2C(=C(O)c3ccc(OCc4ccccc4C)cc3)C(=O)C(=O)N2c2nnc(SCc3ccc(F)cc3)s2)cc1. The van der Waals surface area contributed by atoms with Crippen molar-refractivity contribution in [3.8, 4) is 5.75 Å². The van der Waals surface area contributed by atoms with Crippen molar-refractivity contribution in [2.45, 2.75) is 36.6 Å². The Morgan fingerprint density at radius 2 is 1.64 bits per heavy atom. The number of amides is 1. The van der Waals surface area contributed by atoms with Crippen molar-refractivity contribution in [1.82, 2.24) is 10.2 Å². The predicted molar refractivity (Wildman–Crippen MR) is 174 cm³/mol. The summed E-state index contributed by atoms with van der Waals surface area (Å²) in [5.74, 6) is -1.08. The van der Waals surface area contributed by atoms with Gasteiger partial charge in [-0.2, -0.15) is 0 Å². The number of benzene rings is 4. The highest BCUT2D eigenvalue weighted by molar-refractivity contribution is 8.00. The van der Waals surface area contributed by atoms with Gasteiger partial charge in [-0.05, 0) is 72.5 Å². The highest BCUT2D eigenvalue weighted by Crippen LogP contribution is 2.44. The number of carbonyl (C=O) groups excluding carboxylic acids is 2. The molecule has 4 aromatic carbocycles. The standard InChI is InChI=1S/C35H28FN3O4S2/c1-21-7-11-24(12-8-21)30-29(31(40)25-13-17-28(18-14-25)43-19-26-6-4-3-5-22(26)2)32(41)33(42)39(30)34-37-38-35(45-34)44-20-23-9-15-27(36)16-10-23/h3-18,30,40H,19-20H2,1-2H3. The number of Topliss-reactive ketones (excluding diaryl/α,β-unsaturated/α-hetero) is 1. The third-order valence-corrected chi connectivity index (χ3v) is 9.63. The normalized spacial score (nSPS) is 15.9. The zero-order valence-electron chi connectivity index (χ0n) is 24.4. The van der Waals surface area contributed by atoms with Gasteiger partial charge in [0.25, 0.3) is 5.78 Å². The Bertz CT molecular complexity index is 1890. The largest absolute Gasteiger partial charge is 0.507 e. The molecule has 1 fully saturated rings. The van der Waals surface area contributed by atoms with Crippen LogP contribution in [0.4, 0.5) is 9.52 Å². The average molecular weight is 638 g/mol. The Hall–Kier alpha value is -4.80. The van der Waals surface area contributed by atoms with Crippen molar-refractivity contribution < 1.29 is 23.8 Å². The molecule has 0 saturated carbocycles. The number of hydrogen-bond donors (Lipinski definition) is 1. The van der Waals surface area contributed by atoms with Crippen LogP contribution in [0.1, 0.15) is 39.4 Å². The number of halogens is 1. The van der Waals surface area contributed by atoms with Crippen molar-refractivity contribution in [1.29, 1.82) is 0 Å². The molecule has 1 saturated heterocycles. The lowest BCUT2D eigenvalue weighted by Gasteiger charge is -2.22. The summed E-state index contributed by atoms with van der Waals surface area (Å²) in [6.45, 7) is 4.36. The Balaban J connectivity index is 1.29. The van der Waals surface area contributed by atoms with Crippen LogP contribution in [0.25, 0.3) is 5.76 Å². The van der Waals surface area contributed by atoms with Gasteiger partial charge in [-0.15, -0.1) is 10.2 Å². The molecule has 0 aliphatic carbocycles. The molecule has 45 heavy (non-hydrogen) atoms. The van der Waals surface area contributed by atoms with E-state index in [2.05, 4.69) is 10.2 Å². The van der Waals surface area contributed by atoms with E-state index in [1.54, 1.807) is 36.4 Å². The lowest BCUT2D eigenvalue weighted by molar-refractivity contribution is -0.132. The first-order chi connectivity index (χ1) is 21.8. The average Bonchev–Trinajstić information content (AvgIpc) is 3.62. The van der Waals surface area contributed by atoms with Crippen molar-refractivity contribution >= 4 is 45.7 Å². The lowest BCUT2D eigenvalue weighted by Crippen LogP contribution is -2.29. The molecule has 2 heterocycles. The third-order valence-electron chi connectivity index (χ3n) is 7.50. The molecule has 1 amide bonds. The summed E-state index contributed by atoms with van der Waals surface area (Å²) < 4.78 is 19.8. The van der Waals surface area contributed by atoms with Crippen molar-refractivity contribution in [2.24, 2.45) is 0 Å². The van der Waals surface area contributed by atoms with Gasteiger partial charge in [0.15, 0.2) is 4.34 Å². The molecule has 6 rings (SSSR count). The van der Waals surface area contributed by atoms with E-state index in [-0.39, 0.29) is 22.3 Å². The summed E-state index contributed by atoms with van der Waals surface area (Å²) in [5.41, 5.74) is 5.10. The maximum atomic E-state index is 13.5. The van der Waals surface area contributed by atoms with Gasteiger partial charge >= 0.3 is 5.91 Å². The molecule has 5 aromatic rings. The molecule has 7 nitrogen and oxygen atoms in total. The molecule has 1 unspecified atom stereocenters. The first-order valence-electron chi connectivity index (χ1n) is 14.1. The molecule has 0 bridgehead atoms. The van der Waals surface area contributed by atoms with Crippen LogP contribution in [-0.4, -0.2) is 27.0 Å².